The third-order valence-corrected chi connectivity index (χ3v) is 3.79. The molecular weight excluding hydrogens is 266 g/mol. The van der Waals surface area contributed by atoms with E-state index in [1.54, 1.807) is 6.20 Å². The van der Waals surface area contributed by atoms with Gasteiger partial charge in [-0.1, -0.05) is 30.3 Å². The van der Waals surface area contributed by atoms with E-state index >= 15 is 0 Å². The highest BCUT2D eigenvalue weighted by Gasteiger charge is 2.31. The van der Waals surface area contributed by atoms with Gasteiger partial charge in [0.2, 0.25) is 5.91 Å². The summed E-state index contributed by atoms with van der Waals surface area (Å²) in [6.07, 6.45) is 3.75. The summed E-state index contributed by atoms with van der Waals surface area (Å²) in [5, 5.41) is 0. The van der Waals surface area contributed by atoms with E-state index < -0.39 is 0 Å². The molecule has 1 aromatic heterocycles. The van der Waals surface area contributed by atoms with Gasteiger partial charge in [-0.25, -0.2) is 4.98 Å². The zero-order valence-electron chi connectivity index (χ0n) is 12.1. The standard InChI is InChI=1S/C16H19N3O2/c1-2-21-12-16(20)19-11-15-17-8-9-18(15)10-14(19)13-6-4-3-5-7-13/h3-9,14H,2,10-12H2,1H3/t14-/m1/s1. The molecule has 0 unspecified atom stereocenters. The molecule has 0 fully saturated rings. The molecular formula is C16H19N3O2. The van der Waals surface area contributed by atoms with E-state index in [9.17, 15) is 4.79 Å². The van der Waals surface area contributed by atoms with Crippen LogP contribution in [0.5, 0.6) is 0 Å². The Morgan fingerprint density at radius 3 is 2.95 bits per heavy atom. The maximum Gasteiger partial charge on any atom is 0.249 e. The average Bonchev–Trinajstić information content (AvgIpc) is 2.99. The third-order valence-electron chi connectivity index (χ3n) is 3.79. The molecule has 5 nitrogen and oxygen atoms in total. The third kappa shape index (κ3) is 2.83. The van der Waals surface area contributed by atoms with Crippen LogP contribution >= 0.6 is 0 Å². The molecule has 110 valence electrons. The largest absolute Gasteiger partial charge is 0.372 e. The molecule has 0 saturated carbocycles. The highest BCUT2D eigenvalue weighted by Crippen LogP contribution is 2.29. The highest BCUT2D eigenvalue weighted by atomic mass is 16.5. The quantitative estimate of drug-likeness (QED) is 0.863. The van der Waals surface area contributed by atoms with Crippen LogP contribution in [0.1, 0.15) is 24.4 Å². The molecule has 0 saturated heterocycles. The molecule has 1 aliphatic heterocycles. The Morgan fingerprint density at radius 1 is 1.38 bits per heavy atom. The van der Waals surface area contributed by atoms with Crippen molar-refractivity contribution in [3.63, 3.8) is 0 Å². The second kappa shape index (κ2) is 6.10. The molecule has 0 aliphatic carbocycles. The number of ether oxygens (including phenoxy) is 1. The van der Waals surface area contributed by atoms with E-state index in [1.807, 2.05) is 36.2 Å². The lowest BCUT2D eigenvalue weighted by Crippen LogP contribution is -2.42. The lowest BCUT2D eigenvalue weighted by molar-refractivity contribution is -0.140. The minimum Gasteiger partial charge on any atom is -0.372 e. The Balaban J connectivity index is 1.89. The Labute approximate surface area is 124 Å². The van der Waals surface area contributed by atoms with E-state index in [1.165, 1.54) is 0 Å². The van der Waals surface area contributed by atoms with Crippen LogP contribution in [0.2, 0.25) is 0 Å². The molecule has 0 N–H and O–H groups in total. The van der Waals surface area contributed by atoms with Crippen LogP contribution in [0.15, 0.2) is 42.7 Å². The number of hydrogen-bond acceptors (Lipinski definition) is 3. The van der Waals surface area contributed by atoms with Gasteiger partial charge in [0.15, 0.2) is 0 Å². The van der Waals surface area contributed by atoms with Gasteiger partial charge in [-0.05, 0) is 12.5 Å². The number of nitrogens with zero attached hydrogens (tertiary/aromatic N) is 3. The summed E-state index contributed by atoms with van der Waals surface area (Å²) in [5.74, 6) is 0.937. The van der Waals surface area contributed by atoms with Crippen molar-refractivity contribution < 1.29 is 9.53 Å². The van der Waals surface area contributed by atoms with Crippen LogP contribution in [-0.2, 0) is 22.6 Å². The fourth-order valence-electron chi connectivity index (χ4n) is 2.70. The molecule has 0 spiro atoms. The van der Waals surface area contributed by atoms with Crippen LogP contribution in [0.25, 0.3) is 0 Å². The number of fused-ring (bicyclic) bond motifs is 1. The number of carbonyl (C=O) groups excluding carboxylic acids is 1. The Hall–Kier alpha value is -2.14. The molecule has 1 amide bonds. The maximum absolute atomic E-state index is 12.4. The number of rotatable bonds is 4. The SMILES string of the molecule is CCOCC(=O)N1Cc2nccn2C[C@@H]1c1ccccc1. The van der Waals surface area contributed by atoms with Gasteiger partial charge in [-0.3, -0.25) is 4.79 Å². The van der Waals surface area contributed by atoms with Gasteiger partial charge in [0, 0.05) is 25.5 Å². The van der Waals surface area contributed by atoms with Crippen molar-refractivity contribution in [3.8, 4) is 0 Å². The molecule has 1 aromatic carbocycles. The predicted molar refractivity (Wildman–Crippen MR) is 78.5 cm³/mol. The summed E-state index contributed by atoms with van der Waals surface area (Å²) in [6.45, 7) is 3.82. The molecule has 1 atom stereocenters. The van der Waals surface area contributed by atoms with E-state index in [0.29, 0.717) is 13.2 Å². The molecule has 21 heavy (non-hydrogen) atoms. The van der Waals surface area contributed by atoms with Gasteiger partial charge in [-0.15, -0.1) is 0 Å². The number of carbonyl (C=O) groups is 1. The first-order valence-corrected chi connectivity index (χ1v) is 7.21. The Kier molecular flexibility index (Phi) is 4.01. The number of hydrogen-bond donors (Lipinski definition) is 0. The fourth-order valence-corrected chi connectivity index (χ4v) is 2.70. The van der Waals surface area contributed by atoms with Crippen LogP contribution in [0, 0.1) is 0 Å². The molecule has 0 bridgehead atoms. The summed E-state index contributed by atoms with van der Waals surface area (Å²) < 4.78 is 7.40. The maximum atomic E-state index is 12.4. The Bertz CT molecular complexity index is 609. The first-order chi connectivity index (χ1) is 10.3. The lowest BCUT2D eigenvalue weighted by Gasteiger charge is -2.36. The van der Waals surface area contributed by atoms with E-state index in [2.05, 4.69) is 21.7 Å². The monoisotopic (exact) mass is 285 g/mol. The van der Waals surface area contributed by atoms with Gasteiger partial charge in [0.25, 0.3) is 0 Å². The van der Waals surface area contributed by atoms with Crippen LogP contribution < -0.4 is 0 Å². The molecule has 0 radical (unpaired) electrons. The topological polar surface area (TPSA) is 47.4 Å². The van der Waals surface area contributed by atoms with Gasteiger partial charge >= 0.3 is 0 Å². The number of benzene rings is 1. The number of aromatic nitrogens is 2. The first-order valence-electron chi connectivity index (χ1n) is 7.21. The second-order valence-electron chi connectivity index (χ2n) is 5.08. The summed E-state index contributed by atoms with van der Waals surface area (Å²) in [4.78, 5) is 18.6. The lowest BCUT2D eigenvalue weighted by atomic mass is 10.0. The fraction of sp³-hybridized carbons (Fsp3) is 0.375. The normalized spacial score (nSPS) is 17.6. The molecule has 2 aromatic rings. The van der Waals surface area contributed by atoms with Gasteiger partial charge in [0.1, 0.15) is 12.4 Å². The first kappa shape index (κ1) is 13.8. The molecule has 3 rings (SSSR count). The Morgan fingerprint density at radius 2 is 2.19 bits per heavy atom. The van der Waals surface area contributed by atoms with Crippen LogP contribution in [0.3, 0.4) is 0 Å². The molecule has 2 heterocycles. The van der Waals surface area contributed by atoms with Crippen molar-refractivity contribution in [1.82, 2.24) is 14.5 Å². The average molecular weight is 285 g/mol. The smallest absolute Gasteiger partial charge is 0.249 e. The molecule has 1 aliphatic rings. The van der Waals surface area contributed by atoms with Crippen LogP contribution in [-0.4, -0.2) is 33.6 Å². The minimum atomic E-state index is 0.0138. The predicted octanol–water partition coefficient (Wildman–Crippen LogP) is 2.00. The van der Waals surface area contributed by atoms with Crippen molar-refractivity contribution in [2.45, 2.75) is 26.1 Å². The van der Waals surface area contributed by atoms with Crippen molar-refractivity contribution in [2.24, 2.45) is 0 Å². The number of amides is 1. The summed E-state index contributed by atoms with van der Waals surface area (Å²) >= 11 is 0. The van der Waals surface area contributed by atoms with Crippen molar-refractivity contribution in [1.29, 1.82) is 0 Å². The van der Waals surface area contributed by atoms with Gasteiger partial charge < -0.3 is 14.2 Å². The summed E-state index contributed by atoms with van der Waals surface area (Å²) in [5.41, 5.74) is 1.14. The zero-order chi connectivity index (χ0) is 14.7. The van der Waals surface area contributed by atoms with Crippen molar-refractivity contribution >= 4 is 5.91 Å². The van der Waals surface area contributed by atoms with Crippen molar-refractivity contribution in [3.05, 3.63) is 54.1 Å². The zero-order valence-corrected chi connectivity index (χ0v) is 12.1. The van der Waals surface area contributed by atoms with E-state index in [0.717, 1.165) is 17.9 Å². The van der Waals surface area contributed by atoms with Crippen molar-refractivity contribution in [2.75, 3.05) is 13.2 Å². The van der Waals surface area contributed by atoms with E-state index in [-0.39, 0.29) is 18.6 Å². The second-order valence-corrected chi connectivity index (χ2v) is 5.08. The minimum absolute atomic E-state index is 0.0138. The van der Waals surface area contributed by atoms with Gasteiger partial charge in [-0.2, -0.15) is 0 Å². The highest BCUT2D eigenvalue weighted by molar-refractivity contribution is 5.78. The molecule has 5 heteroatoms. The van der Waals surface area contributed by atoms with E-state index in [4.69, 9.17) is 4.74 Å². The number of imidazole rings is 1. The van der Waals surface area contributed by atoms with Crippen LogP contribution in [0.4, 0.5) is 0 Å². The van der Waals surface area contributed by atoms with Gasteiger partial charge in [0.05, 0.1) is 12.6 Å². The summed E-state index contributed by atoms with van der Waals surface area (Å²) in [7, 11) is 0. The summed E-state index contributed by atoms with van der Waals surface area (Å²) in [6, 6.07) is 10.1.